The maximum absolute atomic E-state index is 11.5. The van der Waals surface area contributed by atoms with Gasteiger partial charge in [0.2, 0.25) is 5.91 Å². The van der Waals surface area contributed by atoms with Crippen molar-refractivity contribution >= 4 is 17.7 Å². The highest BCUT2D eigenvalue weighted by molar-refractivity contribution is 5.79. The van der Waals surface area contributed by atoms with Crippen molar-refractivity contribution in [3.63, 3.8) is 0 Å². The molecule has 1 aromatic heterocycles. The van der Waals surface area contributed by atoms with E-state index < -0.39 is 0 Å². The second kappa shape index (κ2) is 12.6. The van der Waals surface area contributed by atoms with Crippen LogP contribution in [-0.2, 0) is 11.3 Å². The van der Waals surface area contributed by atoms with Crippen LogP contribution in [-0.4, -0.2) is 67.6 Å². The fraction of sp³-hybridized carbons (Fsp3) is 0.708. The molecule has 2 saturated heterocycles. The molecule has 0 saturated carbocycles. The lowest BCUT2D eigenvalue weighted by molar-refractivity contribution is -0.122. The van der Waals surface area contributed by atoms with E-state index in [0.717, 1.165) is 75.2 Å². The van der Waals surface area contributed by atoms with Crippen molar-refractivity contribution in [3.05, 3.63) is 23.9 Å². The number of amides is 1. The van der Waals surface area contributed by atoms with E-state index in [-0.39, 0.29) is 11.8 Å². The van der Waals surface area contributed by atoms with E-state index in [0.29, 0.717) is 6.54 Å². The van der Waals surface area contributed by atoms with Gasteiger partial charge in [0.25, 0.3) is 0 Å². The first-order valence-corrected chi connectivity index (χ1v) is 12.3. The Kier molecular flexibility index (Phi) is 9.59. The zero-order valence-corrected chi connectivity index (χ0v) is 19.9. The third kappa shape index (κ3) is 7.36. The molecule has 2 aliphatic rings. The maximum atomic E-state index is 11.5. The topological polar surface area (TPSA) is 98.9 Å². The number of rotatable bonds is 9. The number of nitrogens with two attached hydrogens (primary N) is 1. The number of piperidine rings is 2. The Bertz CT molecular complexity index is 738. The predicted molar refractivity (Wildman–Crippen MR) is 131 cm³/mol. The normalized spacial score (nSPS) is 19.2. The average molecular weight is 444 g/mol. The smallest absolute Gasteiger partial charge is 0.220 e. The minimum absolute atomic E-state index is 0.0191. The quantitative estimate of drug-likeness (QED) is 0.307. The molecule has 0 radical (unpaired) electrons. The molecule has 1 amide bonds. The molecule has 0 aromatic carbocycles. The second-order valence-electron chi connectivity index (χ2n) is 9.15. The summed E-state index contributed by atoms with van der Waals surface area (Å²) in [6.07, 6.45) is 7.17. The molecular formula is C24H41N7O. The van der Waals surface area contributed by atoms with Crippen molar-refractivity contribution in [3.8, 4) is 0 Å². The molecule has 4 N–H and O–H groups in total. The first-order valence-electron chi connectivity index (χ1n) is 12.3. The molecule has 32 heavy (non-hydrogen) atoms. The lowest BCUT2D eigenvalue weighted by Gasteiger charge is -2.32. The SMILES string of the molecule is CCNC(=NCc1cccnc1N1CCC(C(N)=O)CC1)NCCCN1CCC(C)CC1. The van der Waals surface area contributed by atoms with Gasteiger partial charge in [-0.25, -0.2) is 9.98 Å². The highest BCUT2D eigenvalue weighted by Gasteiger charge is 2.25. The number of hydrogen-bond donors (Lipinski definition) is 3. The molecule has 178 valence electrons. The molecule has 0 spiro atoms. The summed E-state index contributed by atoms with van der Waals surface area (Å²) in [5.41, 5.74) is 6.58. The number of pyridine rings is 1. The molecule has 2 aliphatic heterocycles. The monoisotopic (exact) mass is 443 g/mol. The van der Waals surface area contributed by atoms with E-state index in [2.05, 4.69) is 45.3 Å². The highest BCUT2D eigenvalue weighted by atomic mass is 16.1. The molecule has 0 aliphatic carbocycles. The van der Waals surface area contributed by atoms with Gasteiger partial charge < -0.3 is 26.2 Å². The summed E-state index contributed by atoms with van der Waals surface area (Å²) in [7, 11) is 0. The number of carbonyl (C=O) groups is 1. The number of aliphatic imine (C=N–C) groups is 1. The molecule has 3 rings (SSSR count). The lowest BCUT2D eigenvalue weighted by Crippen LogP contribution is -2.40. The fourth-order valence-corrected chi connectivity index (χ4v) is 4.52. The number of nitrogens with one attached hydrogen (secondary N) is 2. The maximum Gasteiger partial charge on any atom is 0.220 e. The van der Waals surface area contributed by atoms with E-state index in [1.807, 2.05) is 12.3 Å². The fourth-order valence-electron chi connectivity index (χ4n) is 4.52. The van der Waals surface area contributed by atoms with Crippen LogP contribution in [0.2, 0.25) is 0 Å². The summed E-state index contributed by atoms with van der Waals surface area (Å²) in [5, 5.41) is 6.84. The molecule has 2 fully saturated rings. The molecule has 8 heteroatoms. The van der Waals surface area contributed by atoms with Gasteiger partial charge in [0.1, 0.15) is 5.82 Å². The summed E-state index contributed by atoms with van der Waals surface area (Å²) in [5.74, 6) is 2.49. The summed E-state index contributed by atoms with van der Waals surface area (Å²) in [6, 6.07) is 4.05. The predicted octanol–water partition coefficient (Wildman–Crippen LogP) is 1.96. The number of nitrogens with zero attached hydrogens (tertiary/aromatic N) is 4. The number of hydrogen-bond acceptors (Lipinski definition) is 5. The molecule has 0 unspecified atom stereocenters. The van der Waals surface area contributed by atoms with Crippen LogP contribution >= 0.6 is 0 Å². The van der Waals surface area contributed by atoms with E-state index in [9.17, 15) is 4.79 Å². The van der Waals surface area contributed by atoms with Gasteiger partial charge in [0.15, 0.2) is 5.96 Å². The van der Waals surface area contributed by atoms with Crippen LogP contribution in [0.4, 0.5) is 5.82 Å². The van der Waals surface area contributed by atoms with Crippen LogP contribution in [0, 0.1) is 11.8 Å². The van der Waals surface area contributed by atoms with Crippen molar-refractivity contribution in [2.45, 2.75) is 52.5 Å². The van der Waals surface area contributed by atoms with Gasteiger partial charge in [-0.3, -0.25) is 4.79 Å². The van der Waals surface area contributed by atoms with Gasteiger partial charge in [-0.1, -0.05) is 13.0 Å². The van der Waals surface area contributed by atoms with Crippen LogP contribution in [0.15, 0.2) is 23.3 Å². The molecule has 0 bridgehead atoms. The van der Waals surface area contributed by atoms with Crippen LogP contribution in [0.3, 0.4) is 0 Å². The van der Waals surface area contributed by atoms with Gasteiger partial charge >= 0.3 is 0 Å². The Morgan fingerprint density at radius 3 is 2.62 bits per heavy atom. The number of anilines is 1. The first kappa shape index (κ1) is 24.3. The Hall–Kier alpha value is -2.35. The van der Waals surface area contributed by atoms with Crippen LogP contribution in [0.1, 0.15) is 51.5 Å². The third-order valence-corrected chi connectivity index (χ3v) is 6.64. The van der Waals surface area contributed by atoms with Gasteiger partial charge in [-0.05, 0) is 70.6 Å². The van der Waals surface area contributed by atoms with Gasteiger partial charge in [0, 0.05) is 43.9 Å². The molecule has 1 aromatic rings. The van der Waals surface area contributed by atoms with Crippen molar-refractivity contribution in [2.24, 2.45) is 22.6 Å². The molecular weight excluding hydrogens is 402 g/mol. The largest absolute Gasteiger partial charge is 0.369 e. The number of guanidine groups is 1. The van der Waals surface area contributed by atoms with E-state index in [1.165, 1.54) is 25.9 Å². The summed E-state index contributed by atoms with van der Waals surface area (Å²) in [6.45, 7) is 12.0. The van der Waals surface area contributed by atoms with E-state index in [1.54, 1.807) is 0 Å². The van der Waals surface area contributed by atoms with Crippen molar-refractivity contribution in [1.82, 2.24) is 20.5 Å². The van der Waals surface area contributed by atoms with Crippen molar-refractivity contribution < 1.29 is 4.79 Å². The molecule has 8 nitrogen and oxygen atoms in total. The number of primary amides is 1. The van der Waals surface area contributed by atoms with Crippen LogP contribution in [0.25, 0.3) is 0 Å². The molecule has 3 heterocycles. The van der Waals surface area contributed by atoms with Crippen molar-refractivity contribution in [1.29, 1.82) is 0 Å². The second-order valence-corrected chi connectivity index (χ2v) is 9.15. The zero-order chi connectivity index (χ0) is 22.8. The first-order chi connectivity index (χ1) is 15.6. The zero-order valence-electron chi connectivity index (χ0n) is 19.9. The number of carbonyl (C=O) groups excluding carboxylic acids is 1. The Morgan fingerprint density at radius 2 is 1.94 bits per heavy atom. The van der Waals surface area contributed by atoms with Crippen molar-refractivity contribution in [2.75, 3.05) is 50.7 Å². The van der Waals surface area contributed by atoms with E-state index >= 15 is 0 Å². The lowest BCUT2D eigenvalue weighted by atomic mass is 9.96. The summed E-state index contributed by atoms with van der Waals surface area (Å²) >= 11 is 0. The minimum Gasteiger partial charge on any atom is -0.369 e. The van der Waals surface area contributed by atoms with Gasteiger partial charge in [-0.2, -0.15) is 0 Å². The van der Waals surface area contributed by atoms with Gasteiger partial charge in [0.05, 0.1) is 6.54 Å². The highest BCUT2D eigenvalue weighted by Crippen LogP contribution is 2.25. The standard InChI is InChI=1S/C24H41N7O/c1-3-26-24(28-12-5-13-30-14-7-19(2)8-15-30)29-18-21-6-4-11-27-23(21)31-16-9-20(10-17-31)22(25)32/h4,6,11,19-20H,3,5,7-10,12-18H2,1-2H3,(H2,25,32)(H2,26,28,29). The average Bonchev–Trinajstić information content (AvgIpc) is 2.81. The molecule has 0 atom stereocenters. The van der Waals surface area contributed by atoms with Gasteiger partial charge in [-0.15, -0.1) is 0 Å². The van der Waals surface area contributed by atoms with Crippen LogP contribution < -0.4 is 21.3 Å². The minimum atomic E-state index is -0.188. The number of likely N-dealkylation sites (tertiary alicyclic amines) is 1. The summed E-state index contributed by atoms with van der Waals surface area (Å²) in [4.78, 5) is 25.7. The Morgan fingerprint density at radius 1 is 1.19 bits per heavy atom. The van der Waals surface area contributed by atoms with E-state index in [4.69, 9.17) is 10.7 Å². The third-order valence-electron chi connectivity index (χ3n) is 6.64. The van der Waals surface area contributed by atoms with Crippen LogP contribution in [0.5, 0.6) is 0 Å². The summed E-state index contributed by atoms with van der Waals surface area (Å²) < 4.78 is 0. The Labute approximate surface area is 193 Å². The number of aromatic nitrogens is 1. The Balaban J connectivity index is 1.50.